The van der Waals surface area contributed by atoms with E-state index in [0.29, 0.717) is 0 Å². The number of ketones is 1. The molecule has 15 heteroatoms. The van der Waals surface area contributed by atoms with Gasteiger partial charge in [0.25, 0.3) is 5.91 Å². The number of aromatic nitrogens is 1. The van der Waals surface area contributed by atoms with E-state index in [-0.39, 0.29) is 48.4 Å². The summed E-state index contributed by atoms with van der Waals surface area (Å²) in [6.45, 7) is 1.33. The predicted molar refractivity (Wildman–Crippen MR) is 159 cm³/mol. The summed E-state index contributed by atoms with van der Waals surface area (Å²) in [6, 6.07) is 4.26. The molecule has 3 N–H and O–H groups in total. The van der Waals surface area contributed by atoms with Gasteiger partial charge < -0.3 is 25.2 Å². The summed E-state index contributed by atoms with van der Waals surface area (Å²) in [6.07, 6.45) is 2.71. The molecule has 48 heavy (non-hydrogen) atoms. The van der Waals surface area contributed by atoms with Crippen LogP contribution < -0.4 is 20.7 Å². The molecule has 0 radical (unpaired) electrons. The fourth-order valence-corrected chi connectivity index (χ4v) is 6.04. The highest BCUT2D eigenvalue weighted by atomic mass is 19.2. The molecule has 1 aromatic heterocycles. The monoisotopic (exact) mass is 676 g/mol. The summed E-state index contributed by atoms with van der Waals surface area (Å²) in [5.41, 5.74) is -0.160. The minimum atomic E-state index is -1.94. The maximum atomic E-state index is 14.5. The van der Waals surface area contributed by atoms with Crippen LogP contribution in [0.2, 0.25) is 0 Å². The van der Waals surface area contributed by atoms with E-state index in [0.717, 1.165) is 32.1 Å². The summed E-state index contributed by atoms with van der Waals surface area (Å²) in [5.74, 6) is -14.0. The number of ether oxygens (including phenoxy) is 1. The second kappa shape index (κ2) is 14.9. The molecule has 5 rings (SSSR count). The summed E-state index contributed by atoms with van der Waals surface area (Å²) >= 11 is 0. The van der Waals surface area contributed by atoms with Crippen molar-refractivity contribution in [2.45, 2.75) is 70.1 Å². The van der Waals surface area contributed by atoms with Crippen LogP contribution in [0.15, 0.2) is 40.9 Å². The van der Waals surface area contributed by atoms with Crippen molar-refractivity contribution in [3.05, 3.63) is 71.2 Å². The third-order valence-electron chi connectivity index (χ3n) is 8.64. The normalized spacial score (nSPS) is 18.5. The van der Waals surface area contributed by atoms with E-state index in [1.54, 1.807) is 6.07 Å². The van der Waals surface area contributed by atoms with Gasteiger partial charge in [0.1, 0.15) is 11.9 Å². The molecule has 1 aliphatic heterocycles. The Hall–Kier alpha value is -4.82. The molecule has 0 spiro atoms. The van der Waals surface area contributed by atoms with Gasteiger partial charge in [-0.15, -0.1) is 0 Å². The van der Waals surface area contributed by atoms with Crippen molar-refractivity contribution < 1.29 is 50.4 Å². The minimum absolute atomic E-state index is 0.0100. The number of carbonyl (C=O) groups is 4. The van der Waals surface area contributed by atoms with Crippen molar-refractivity contribution in [1.82, 2.24) is 21.1 Å². The quantitative estimate of drug-likeness (QED) is 0.186. The fourth-order valence-electron chi connectivity index (χ4n) is 6.04. The minimum Gasteiger partial charge on any atom is -0.475 e. The first-order chi connectivity index (χ1) is 22.9. The molecule has 4 atom stereocenters. The van der Waals surface area contributed by atoms with E-state index in [1.165, 1.54) is 31.2 Å². The number of rotatable bonds is 12. The largest absolute Gasteiger partial charge is 0.475 e. The van der Waals surface area contributed by atoms with Crippen molar-refractivity contribution in [3.63, 3.8) is 0 Å². The van der Waals surface area contributed by atoms with E-state index in [1.807, 2.05) is 0 Å². The Balaban J connectivity index is 1.35. The molecule has 1 saturated carbocycles. The Morgan fingerprint density at radius 3 is 2.29 bits per heavy atom. The second-order valence-electron chi connectivity index (χ2n) is 12.0. The van der Waals surface area contributed by atoms with Crippen LogP contribution in [0.25, 0.3) is 11.3 Å². The molecule has 10 nitrogen and oxygen atoms in total. The van der Waals surface area contributed by atoms with Gasteiger partial charge >= 0.3 is 0 Å². The molecule has 2 heterocycles. The SMILES string of the molecule is CC(NC(=O)[C@H](CC1CCCCC1)NC(=O)c1cc(-c2ccccc2F)on1)C(=O)[C@@H](Oc1c(F)c(F)cc(F)c1F)[C@@H]1CCNC1=O. The Bertz CT molecular complexity index is 1670. The van der Waals surface area contributed by atoms with Crippen LogP contribution in [0.1, 0.15) is 62.4 Å². The number of nitrogens with one attached hydrogen (secondary N) is 3. The topological polar surface area (TPSA) is 140 Å². The Morgan fingerprint density at radius 2 is 1.65 bits per heavy atom. The van der Waals surface area contributed by atoms with E-state index in [4.69, 9.17) is 9.26 Å². The first-order valence-corrected chi connectivity index (χ1v) is 15.6. The molecule has 3 amide bonds. The van der Waals surface area contributed by atoms with Gasteiger partial charge in [-0.1, -0.05) is 49.4 Å². The molecular weight excluding hydrogens is 643 g/mol. The lowest BCUT2D eigenvalue weighted by molar-refractivity contribution is -0.138. The maximum Gasteiger partial charge on any atom is 0.274 e. The number of hydrogen-bond acceptors (Lipinski definition) is 7. The van der Waals surface area contributed by atoms with Gasteiger partial charge in [0.05, 0.1) is 17.5 Å². The lowest BCUT2D eigenvalue weighted by atomic mass is 9.84. The van der Waals surface area contributed by atoms with Gasteiger partial charge in [-0.2, -0.15) is 8.78 Å². The number of amides is 3. The van der Waals surface area contributed by atoms with Crippen LogP contribution in [-0.2, 0) is 14.4 Å². The predicted octanol–water partition coefficient (Wildman–Crippen LogP) is 4.76. The second-order valence-corrected chi connectivity index (χ2v) is 12.0. The first-order valence-electron chi connectivity index (χ1n) is 15.6. The standard InChI is InChI=1S/C33H33F5N4O6/c1-16(28(43)29(19-11-12-39-31(19)44)47-30-26(37)21(35)14-22(36)27(30)38)40-32(45)23(13-17-7-3-2-4-8-17)41-33(46)24-15-25(48-42-24)18-9-5-6-10-20(18)34/h5-6,9-10,14-17,19,23,29H,2-4,7-8,11-13H2,1H3,(H,39,44)(H,40,45)(H,41,46)/t16?,19-,23-,29-/m0/s1. The van der Waals surface area contributed by atoms with Crippen molar-refractivity contribution in [1.29, 1.82) is 0 Å². The Morgan fingerprint density at radius 1 is 0.958 bits per heavy atom. The zero-order valence-electron chi connectivity index (χ0n) is 25.8. The Labute approximate surface area is 271 Å². The smallest absolute Gasteiger partial charge is 0.274 e. The molecule has 0 bridgehead atoms. The van der Waals surface area contributed by atoms with Gasteiger partial charge in [-0.25, -0.2) is 13.2 Å². The first kappa shape index (κ1) is 34.5. The molecule has 1 unspecified atom stereocenters. The molecule has 2 aromatic carbocycles. The van der Waals surface area contributed by atoms with Crippen molar-refractivity contribution in [3.8, 4) is 17.1 Å². The molecule has 2 aliphatic rings. The van der Waals surface area contributed by atoms with Gasteiger partial charge in [0.15, 0.2) is 40.7 Å². The molecule has 1 saturated heterocycles. The third kappa shape index (κ3) is 7.66. The van der Waals surface area contributed by atoms with Gasteiger partial charge in [-0.05, 0) is 37.8 Å². The fraction of sp³-hybridized carbons (Fsp3) is 0.424. The van der Waals surface area contributed by atoms with E-state index < -0.39 is 82.4 Å². The Kier molecular flexibility index (Phi) is 10.7. The van der Waals surface area contributed by atoms with E-state index in [9.17, 15) is 41.1 Å². The highest BCUT2D eigenvalue weighted by molar-refractivity contribution is 5.99. The summed E-state index contributed by atoms with van der Waals surface area (Å²) in [5, 5.41) is 11.3. The van der Waals surface area contributed by atoms with E-state index >= 15 is 0 Å². The number of halogens is 5. The zero-order chi connectivity index (χ0) is 34.5. The lowest BCUT2D eigenvalue weighted by Gasteiger charge is -2.29. The van der Waals surface area contributed by atoms with Crippen LogP contribution in [-0.4, -0.2) is 53.4 Å². The number of carbonyl (C=O) groups excluding carboxylic acids is 4. The number of hydrogen-bond donors (Lipinski definition) is 3. The summed E-state index contributed by atoms with van der Waals surface area (Å²) < 4.78 is 81.5. The van der Waals surface area contributed by atoms with Crippen LogP contribution in [0.5, 0.6) is 5.75 Å². The van der Waals surface area contributed by atoms with Gasteiger partial charge in [0.2, 0.25) is 23.4 Å². The van der Waals surface area contributed by atoms with Gasteiger partial charge in [0, 0.05) is 18.7 Å². The number of benzene rings is 2. The number of nitrogens with zero attached hydrogens (tertiary/aromatic N) is 1. The molecular formula is C33H33F5N4O6. The van der Waals surface area contributed by atoms with Crippen LogP contribution >= 0.6 is 0 Å². The molecule has 3 aromatic rings. The van der Waals surface area contributed by atoms with Crippen molar-refractivity contribution >= 4 is 23.5 Å². The maximum absolute atomic E-state index is 14.5. The van der Waals surface area contributed by atoms with Crippen LogP contribution in [0.3, 0.4) is 0 Å². The average molecular weight is 677 g/mol. The number of Topliss-reactive ketones (excluding diaryl/α,β-unsaturated/α-hetero) is 1. The zero-order valence-corrected chi connectivity index (χ0v) is 25.8. The van der Waals surface area contributed by atoms with Crippen LogP contribution in [0.4, 0.5) is 22.0 Å². The average Bonchev–Trinajstić information content (AvgIpc) is 3.73. The highest BCUT2D eigenvalue weighted by Crippen LogP contribution is 2.31. The van der Waals surface area contributed by atoms with Crippen molar-refractivity contribution in [2.24, 2.45) is 11.8 Å². The van der Waals surface area contributed by atoms with Gasteiger partial charge in [-0.3, -0.25) is 19.2 Å². The van der Waals surface area contributed by atoms with Crippen LogP contribution in [0, 0.1) is 40.9 Å². The summed E-state index contributed by atoms with van der Waals surface area (Å²) in [4.78, 5) is 53.0. The van der Waals surface area contributed by atoms with Crippen molar-refractivity contribution in [2.75, 3.05) is 6.54 Å². The molecule has 2 fully saturated rings. The van der Waals surface area contributed by atoms with E-state index in [2.05, 4.69) is 21.1 Å². The third-order valence-corrected chi connectivity index (χ3v) is 8.64. The molecule has 256 valence electrons. The summed E-state index contributed by atoms with van der Waals surface area (Å²) in [7, 11) is 0. The highest BCUT2D eigenvalue weighted by Gasteiger charge is 2.42. The lowest BCUT2D eigenvalue weighted by Crippen LogP contribution is -2.54. The molecule has 1 aliphatic carbocycles.